The van der Waals surface area contributed by atoms with E-state index in [0.717, 1.165) is 10.0 Å². The topological polar surface area (TPSA) is 119 Å². The summed E-state index contributed by atoms with van der Waals surface area (Å²) < 4.78 is 17.2. The molecule has 226 valence electrons. The molecule has 1 saturated heterocycles. The molecule has 0 unspecified atom stereocenters. The molecule has 0 radical (unpaired) electrons. The maximum Gasteiger partial charge on any atom is 0.342 e. The third-order valence-corrected chi connectivity index (χ3v) is 9.09. The number of carbonyl (C=O) groups excluding carboxylic acids is 3. The van der Waals surface area contributed by atoms with Crippen molar-refractivity contribution in [3.05, 3.63) is 51.5 Å². The van der Waals surface area contributed by atoms with E-state index in [2.05, 4.69) is 15.9 Å². The van der Waals surface area contributed by atoms with Crippen LogP contribution in [0.2, 0.25) is 0 Å². The first-order valence-electron chi connectivity index (χ1n) is 14.2. The van der Waals surface area contributed by atoms with Gasteiger partial charge < -0.3 is 24.4 Å². The second kappa shape index (κ2) is 13.7. The third-order valence-electron chi connectivity index (χ3n) is 8.36. The van der Waals surface area contributed by atoms with Gasteiger partial charge in [0.05, 0.1) is 18.6 Å². The van der Waals surface area contributed by atoms with Gasteiger partial charge in [-0.15, -0.1) is 0 Å². The molecule has 3 rings (SSSR count). The van der Waals surface area contributed by atoms with Crippen LogP contribution in [0.4, 0.5) is 0 Å². The highest BCUT2D eigenvalue weighted by Crippen LogP contribution is 2.43. The minimum Gasteiger partial charge on any atom is -0.508 e. The van der Waals surface area contributed by atoms with Crippen LogP contribution < -0.4 is 0 Å². The van der Waals surface area contributed by atoms with E-state index in [1.54, 1.807) is 45.2 Å². The maximum absolute atomic E-state index is 13.3. The number of ether oxygens (including phenoxy) is 3. The molecule has 0 saturated carbocycles. The Morgan fingerprint density at radius 2 is 1.90 bits per heavy atom. The van der Waals surface area contributed by atoms with Crippen molar-refractivity contribution in [3.63, 3.8) is 0 Å². The van der Waals surface area contributed by atoms with Crippen LogP contribution in [0, 0.1) is 23.2 Å². The number of aromatic hydroxyl groups is 1. The lowest BCUT2D eigenvalue weighted by Gasteiger charge is -2.36. The molecule has 8 nitrogen and oxygen atoms in total. The van der Waals surface area contributed by atoms with Gasteiger partial charge in [-0.1, -0.05) is 62.7 Å². The van der Waals surface area contributed by atoms with Gasteiger partial charge in [-0.2, -0.15) is 0 Å². The lowest BCUT2D eigenvalue weighted by atomic mass is 9.67. The van der Waals surface area contributed by atoms with Crippen LogP contribution in [0.5, 0.6) is 5.75 Å². The fourth-order valence-electron chi connectivity index (χ4n) is 5.84. The molecule has 1 heterocycles. The molecule has 2 N–H and O–H groups in total. The zero-order chi connectivity index (χ0) is 30.6. The van der Waals surface area contributed by atoms with E-state index in [-0.39, 0.29) is 47.4 Å². The smallest absolute Gasteiger partial charge is 0.342 e. The summed E-state index contributed by atoms with van der Waals surface area (Å²) in [7, 11) is 1.62. The summed E-state index contributed by atoms with van der Waals surface area (Å²) in [6, 6.07) is 5.06. The Labute approximate surface area is 251 Å². The summed E-state index contributed by atoms with van der Waals surface area (Å²) >= 11 is 3.52. The number of hydrogen-bond acceptors (Lipinski definition) is 8. The van der Waals surface area contributed by atoms with E-state index in [0.29, 0.717) is 24.8 Å². The molecule has 1 aliphatic carbocycles. The minimum atomic E-state index is -0.741. The fourth-order valence-corrected chi connectivity index (χ4v) is 6.35. The van der Waals surface area contributed by atoms with Crippen molar-refractivity contribution in [1.29, 1.82) is 0 Å². The lowest BCUT2D eigenvalue weighted by molar-refractivity contribution is -0.149. The van der Waals surface area contributed by atoms with Gasteiger partial charge in [0.2, 0.25) is 0 Å². The zero-order valence-electron chi connectivity index (χ0n) is 25.0. The van der Waals surface area contributed by atoms with Crippen molar-refractivity contribution in [3.8, 4) is 5.75 Å². The zero-order valence-corrected chi connectivity index (χ0v) is 26.6. The highest BCUT2D eigenvalue weighted by Gasteiger charge is 2.43. The Morgan fingerprint density at radius 3 is 2.51 bits per heavy atom. The molecule has 41 heavy (non-hydrogen) atoms. The molecule has 0 amide bonds. The van der Waals surface area contributed by atoms with E-state index < -0.39 is 35.7 Å². The first kappa shape index (κ1) is 33.0. The first-order chi connectivity index (χ1) is 19.2. The van der Waals surface area contributed by atoms with E-state index in [9.17, 15) is 24.6 Å². The molecule has 0 aromatic heterocycles. The van der Waals surface area contributed by atoms with Gasteiger partial charge in [0.15, 0.2) is 5.78 Å². The Hall–Kier alpha value is -2.49. The van der Waals surface area contributed by atoms with Gasteiger partial charge in [-0.3, -0.25) is 9.59 Å². The molecule has 9 heteroatoms. The number of phenols is 1. The Morgan fingerprint density at radius 1 is 1.22 bits per heavy atom. The maximum atomic E-state index is 13.3. The number of aliphatic hydroxyl groups is 1. The van der Waals surface area contributed by atoms with Crippen molar-refractivity contribution >= 4 is 33.7 Å². The predicted molar refractivity (Wildman–Crippen MR) is 158 cm³/mol. The van der Waals surface area contributed by atoms with Crippen LogP contribution in [-0.4, -0.2) is 53.4 Å². The number of allylic oxidation sites excluding steroid dienone is 2. The molecular weight excluding hydrogens is 592 g/mol. The SMILES string of the molecule is CO[C@@H](CC[C@H](C)[C@@H](O)[C@@H](C)/C=C/C1=C(C(=O)O[C@@H]2CC(=O)O[C@@H]2C)C(=O)[C@H](C)CC1(C)C)c1cc(O)ccc1Br. The van der Waals surface area contributed by atoms with Gasteiger partial charge in [0, 0.05) is 23.4 Å². The fraction of sp³-hybridized carbons (Fsp3) is 0.594. The normalized spacial score (nSPS) is 25.6. The Bertz CT molecular complexity index is 1200. The highest BCUT2D eigenvalue weighted by molar-refractivity contribution is 9.10. The van der Waals surface area contributed by atoms with Crippen molar-refractivity contribution in [2.75, 3.05) is 7.11 Å². The molecule has 1 aliphatic heterocycles. The third kappa shape index (κ3) is 7.87. The van der Waals surface area contributed by atoms with Gasteiger partial charge in [-0.05, 0) is 66.9 Å². The predicted octanol–water partition coefficient (Wildman–Crippen LogP) is 5.99. The molecule has 2 aliphatic rings. The molecule has 1 aromatic carbocycles. The lowest BCUT2D eigenvalue weighted by Crippen LogP contribution is -2.37. The number of aliphatic hydroxyl groups excluding tert-OH is 1. The van der Waals surface area contributed by atoms with Crippen molar-refractivity contribution < 1.29 is 38.8 Å². The van der Waals surface area contributed by atoms with Crippen LogP contribution in [0.15, 0.2) is 46.0 Å². The number of Topliss-reactive ketones (excluding diaryl/α,β-unsaturated/α-hetero) is 1. The largest absolute Gasteiger partial charge is 0.508 e. The van der Waals surface area contributed by atoms with Crippen LogP contribution >= 0.6 is 15.9 Å². The summed E-state index contributed by atoms with van der Waals surface area (Å²) in [5.74, 6) is -2.00. The van der Waals surface area contributed by atoms with E-state index in [4.69, 9.17) is 14.2 Å². The molecule has 7 atom stereocenters. The van der Waals surface area contributed by atoms with Crippen molar-refractivity contribution in [2.24, 2.45) is 23.2 Å². The van der Waals surface area contributed by atoms with Gasteiger partial charge >= 0.3 is 11.9 Å². The monoisotopic (exact) mass is 634 g/mol. The number of esters is 2. The number of halogens is 1. The van der Waals surface area contributed by atoms with Crippen LogP contribution in [0.25, 0.3) is 0 Å². The Kier molecular flexibility index (Phi) is 11.0. The number of carbonyl (C=O) groups is 3. The molecule has 0 bridgehead atoms. The highest BCUT2D eigenvalue weighted by atomic mass is 79.9. The summed E-state index contributed by atoms with van der Waals surface area (Å²) in [6.07, 6.45) is 3.22. The van der Waals surface area contributed by atoms with E-state index in [1.807, 2.05) is 33.8 Å². The summed E-state index contributed by atoms with van der Waals surface area (Å²) in [5.41, 5.74) is 0.937. The standard InChI is InChI=1S/C32H43BrO8/c1-17(29(36)18(2)9-13-25(39-7)22-14-21(34)10-12-24(22)33)8-11-23-28(30(37)19(3)16-32(23,5)6)31(38)41-26-15-27(35)40-20(26)4/h8,10-12,14,17-20,25-26,29,34,36H,9,13,15-16H2,1-7H3/b11-8+/t17-,18-,19+,20+,25-,26+,29-/m0/s1. The number of phenolic OH excluding ortho intramolecular Hbond substituents is 1. The van der Waals surface area contributed by atoms with E-state index >= 15 is 0 Å². The number of cyclic esters (lactones) is 1. The van der Waals surface area contributed by atoms with E-state index in [1.165, 1.54) is 0 Å². The molecule has 0 spiro atoms. The molecule has 1 fully saturated rings. The van der Waals surface area contributed by atoms with Crippen molar-refractivity contribution in [2.45, 2.75) is 91.6 Å². The van der Waals surface area contributed by atoms with Gasteiger partial charge in [0.25, 0.3) is 0 Å². The summed E-state index contributed by atoms with van der Waals surface area (Å²) in [4.78, 5) is 38.2. The second-order valence-electron chi connectivity index (χ2n) is 12.2. The average Bonchev–Trinajstić information content (AvgIpc) is 3.22. The molecular formula is C32H43BrO8. The molecule has 1 aromatic rings. The second-order valence-corrected chi connectivity index (χ2v) is 13.0. The number of ketones is 1. The minimum absolute atomic E-state index is 0.00548. The Balaban J connectivity index is 1.76. The summed E-state index contributed by atoms with van der Waals surface area (Å²) in [6.45, 7) is 11.3. The number of methoxy groups -OCH3 is 1. The number of benzene rings is 1. The quantitative estimate of drug-likeness (QED) is 0.225. The van der Waals surface area contributed by atoms with Crippen molar-refractivity contribution in [1.82, 2.24) is 0 Å². The first-order valence-corrected chi connectivity index (χ1v) is 15.0. The van der Waals surface area contributed by atoms with Crippen LogP contribution in [0.1, 0.15) is 78.9 Å². The van der Waals surface area contributed by atoms with Gasteiger partial charge in [0.1, 0.15) is 23.5 Å². The number of rotatable bonds is 11. The van der Waals surface area contributed by atoms with Gasteiger partial charge in [-0.25, -0.2) is 4.79 Å². The van der Waals surface area contributed by atoms with Crippen LogP contribution in [-0.2, 0) is 28.6 Å². The summed E-state index contributed by atoms with van der Waals surface area (Å²) in [5, 5.41) is 21.1. The van der Waals surface area contributed by atoms with Crippen LogP contribution in [0.3, 0.4) is 0 Å². The average molecular weight is 636 g/mol. The number of hydrogen-bond donors (Lipinski definition) is 2.